The van der Waals surface area contributed by atoms with Crippen LogP contribution in [-0.2, 0) is 49.6 Å². The van der Waals surface area contributed by atoms with Crippen LogP contribution in [-0.4, -0.2) is 180 Å². The highest BCUT2D eigenvalue weighted by Crippen LogP contribution is 2.42. The van der Waals surface area contributed by atoms with Crippen LogP contribution in [0.5, 0.6) is 11.5 Å². The molecular weight excluding hydrogens is 1350 g/mol. The van der Waals surface area contributed by atoms with Crippen LogP contribution in [0.15, 0.2) is 88.1 Å². The second-order valence-electron chi connectivity index (χ2n) is 24.3. The van der Waals surface area contributed by atoms with Gasteiger partial charge in [-0.3, -0.25) is 69.0 Å². The normalized spacial score (nSPS) is 13.0. The number of carboxylic acid groups (broad SMARTS) is 1. The number of carbonyl (C=O) groups excluding carboxylic acids is 10. The zero-order chi connectivity index (χ0) is 76.6. The van der Waals surface area contributed by atoms with E-state index in [4.69, 9.17) is 60.8 Å². The molecule has 7 atom stereocenters. The van der Waals surface area contributed by atoms with Gasteiger partial charge in [0, 0.05) is 66.7 Å². The number of phenols is 2. The number of carbonyl (C=O) groups is 11. The molecule has 0 radical (unpaired) electrons. The molecule has 0 fully saturated rings. The molecule has 0 unspecified atom stereocenters. The van der Waals surface area contributed by atoms with E-state index in [2.05, 4.69) is 58.5 Å². The summed E-state index contributed by atoms with van der Waals surface area (Å²) < 4.78 is 5.95. The van der Waals surface area contributed by atoms with Crippen molar-refractivity contribution < 1.29 is 72.5 Å². The highest BCUT2D eigenvalue weighted by atomic mass is 16.4. The Morgan fingerprint density at radius 2 is 0.933 bits per heavy atom. The van der Waals surface area contributed by atoms with Crippen molar-refractivity contribution in [2.45, 2.75) is 139 Å². The summed E-state index contributed by atoms with van der Waals surface area (Å²) in [6.07, 6.45) is 0.0661. The van der Waals surface area contributed by atoms with Crippen LogP contribution >= 0.6 is 0 Å². The fourth-order valence-corrected chi connectivity index (χ4v) is 10.9. The monoisotopic (exact) mass is 1450 g/mol. The van der Waals surface area contributed by atoms with E-state index < -0.39 is 131 Å². The Labute approximate surface area is 596 Å². The molecule has 0 aromatic heterocycles. The average Bonchev–Trinajstić information content (AvgIpc) is 0.747. The molecule has 10 amide bonds. The molecule has 1 aliphatic heterocycles. The standard InChI is InChI=1S/C67H93N21O16/c68-25-3-1-8-46(61(99)85-47(9-2-4-26-69)62(100)87-49(12-7-29-80-67(76)77)63(101)86-48(11-6-28-79-66(74)75)60(98)83-44(56(71)94)23-24-53(70)92)84-59(97)45(10-5-27-78-65(72)73)82-54(93)34-81-58(96)50(30-35-13-16-37(89)17-14-35)88-57(95)36-15-20-40(64(102)103)43(31-36)55-41-21-18-38(90)32-51(41)104-52-33-39(91)19-22-42(52)55/h13-22,31-33,44-50,89-90H,1-12,23-30,34,68-69H2,(H2,70,92)(H2,71,94)(H,81,96)(H,82,93)(H,83,98)(H,84,97)(H,85,99)(H,86,101)(H,87,100)(H,88,95)(H,102,103)(H4,72,73,78)(H4,74,75,79)(H4,76,77,80)/t44-,45-,46-,47-,48-,49-,50-/m0/s1. The van der Waals surface area contributed by atoms with Gasteiger partial charge in [-0.1, -0.05) is 12.1 Å². The molecule has 5 rings (SSSR count). The van der Waals surface area contributed by atoms with Crippen molar-refractivity contribution in [2.24, 2.45) is 40.1 Å². The predicted molar refractivity (Wildman–Crippen MR) is 382 cm³/mol. The lowest BCUT2D eigenvalue weighted by atomic mass is 9.89. The molecule has 0 bridgehead atoms. The number of amides is 10. The van der Waals surface area contributed by atoms with Crippen LogP contribution in [0.3, 0.4) is 0 Å². The lowest BCUT2D eigenvalue weighted by molar-refractivity contribution is -0.135. The molecule has 3 aromatic carbocycles. The first kappa shape index (κ1) is 82.5. The van der Waals surface area contributed by atoms with Crippen LogP contribution in [0.2, 0.25) is 0 Å². The van der Waals surface area contributed by atoms with Gasteiger partial charge in [0.25, 0.3) is 5.91 Å². The van der Waals surface area contributed by atoms with Crippen molar-refractivity contribution in [3.8, 4) is 33.9 Å². The first-order valence-corrected chi connectivity index (χ1v) is 33.4. The fraction of sp³-hybridized carbons (Fsp3) is 0.418. The maximum Gasteiger partial charge on any atom is 0.336 e. The average molecular weight is 1450 g/mol. The summed E-state index contributed by atoms with van der Waals surface area (Å²) in [4.78, 5) is 164. The first-order valence-electron chi connectivity index (χ1n) is 33.4. The van der Waals surface area contributed by atoms with Crippen LogP contribution in [0.4, 0.5) is 0 Å². The highest BCUT2D eigenvalue weighted by Gasteiger charge is 2.35. The molecular formula is C67H93N21O16. The van der Waals surface area contributed by atoms with E-state index >= 15 is 0 Å². The molecule has 37 nitrogen and oxygen atoms in total. The van der Waals surface area contributed by atoms with E-state index in [9.17, 15) is 72.9 Å². The second-order valence-corrected chi connectivity index (χ2v) is 24.3. The van der Waals surface area contributed by atoms with Gasteiger partial charge in [0.15, 0.2) is 23.3 Å². The number of unbranched alkanes of at least 4 members (excludes halogenated alkanes) is 2. The number of hydrogen-bond donors (Lipinski definition) is 24. The van der Waals surface area contributed by atoms with Crippen LogP contribution in [0.25, 0.3) is 33.4 Å². The Morgan fingerprint density at radius 3 is 1.39 bits per heavy atom. The Bertz CT molecular complexity index is 3930. The van der Waals surface area contributed by atoms with E-state index in [1.807, 2.05) is 0 Å². The van der Waals surface area contributed by atoms with E-state index in [1.54, 1.807) is 0 Å². The van der Waals surface area contributed by atoms with Crippen molar-refractivity contribution in [3.05, 3.63) is 106 Å². The molecule has 1 heterocycles. The Kier molecular flexibility index (Phi) is 33.0. The van der Waals surface area contributed by atoms with E-state index in [0.29, 0.717) is 23.8 Å². The Balaban J connectivity index is 1.40. The number of aromatic carboxylic acids is 1. The topological polar surface area (TPSA) is 665 Å². The van der Waals surface area contributed by atoms with Gasteiger partial charge in [0.05, 0.1) is 12.1 Å². The van der Waals surface area contributed by atoms with E-state index in [1.165, 1.54) is 78.9 Å². The number of phenolic OH excluding ortho intramolecular Hbond substituents is 2. The van der Waals surface area contributed by atoms with Gasteiger partial charge >= 0.3 is 5.97 Å². The summed E-state index contributed by atoms with van der Waals surface area (Å²) in [7, 11) is 0. The molecule has 1 aliphatic carbocycles. The predicted octanol–water partition coefficient (Wildman–Crippen LogP) is -3.16. The molecule has 31 N–H and O–H groups in total. The largest absolute Gasteiger partial charge is 0.508 e. The Morgan fingerprint density at radius 1 is 0.462 bits per heavy atom. The molecule has 0 spiro atoms. The number of rotatable bonds is 44. The summed E-state index contributed by atoms with van der Waals surface area (Å²) in [5.74, 6) is -12.0. The van der Waals surface area contributed by atoms with Crippen LogP contribution in [0.1, 0.15) is 116 Å². The molecule has 2 aliphatic rings. The number of nitrogens with one attached hydrogen (secondary N) is 14. The Hall–Kier alpha value is -12.1. The number of aromatic hydroxyl groups is 2. The van der Waals surface area contributed by atoms with Crippen LogP contribution in [0, 0.1) is 16.2 Å². The number of nitrogens with two attached hydrogens (primary N) is 7. The summed E-state index contributed by atoms with van der Waals surface area (Å²) in [5, 5.41) is 82.4. The van der Waals surface area contributed by atoms with Crippen molar-refractivity contribution >= 4 is 93.9 Å². The summed E-state index contributed by atoms with van der Waals surface area (Å²) >= 11 is 0. The summed E-state index contributed by atoms with van der Waals surface area (Å²) in [6, 6.07) is 7.09. The van der Waals surface area contributed by atoms with Crippen molar-refractivity contribution in [2.75, 3.05) is 39.3 Å². The molecule has 104 heavy (non-hydrogen) atoms. The van der Waals surface area contributed by atoms with Crippen molar-refractivity contribution in [1.29, 1.82) is 16.2 Å². The number of hydrogen-bond acceptors (Lipinski definition) is 20. The minimum absolute atomic E-state index is 0.00702. The zero-order valence-electron chi connectivity index (χ0n) is 57.1. The minimum atomic E-state index is -1.49. The first-order chi connectivity index (χ1) is 49.5. The van der Waals surface area contributed by atoms with Gasteiger partial charge in [-0.2, -0.15) is 0 Å². The third-order valence-electron chi connectivity index (χ3n) is 16.3. The van der Waals surface area contributed by atoms with Crippen molar-refractivity contribution in [3.63, 3.8) is 0 Å². The van der Waals surface area contributed by atoms with Gasteiger partial charge in [0.2, 0.25) is 53.2 Å². The van der Waals surface area contributed by atoms with Gasteiger partial charge in [0.1, 0.15) is 65.1 Å². The highest BCUT2D eigenvalue weighted by molar-refractivity contribution is 6.10. The van der Waals surface area contributed by atoms with E-state index in [0.717, 1.165) is 0 Å². The maximum atomic E-state index is 14.6. The smallest absolute Gasteiger partial charge is 0.336 e. The zero-order valence-corrected chi connectivity index (χ0v) is 57.1. The summed E-state index contributed by atoms with van der Waals surface area (Å²) in [6.45, 7) is -0.353. The van der Waals surface area contributed by atoms with Gasteiger partial charge in [-0.15, -0.1) is 0 Å². The molecule has 0 saturated carbocycles. The van der Waals surface area contributed by atoms with Gasteiger partial charge in [-0.25, -0.2) is 4.79 Å². The fourth-order valence-electron chi connectivity index (χ4n) is 10.9. The van der Waals surface area contributed by atoms with Crippen molar-refractivity contribution in [1.82, 2.24) is 58.5 Å². The van der Waals surface area contributed by atoms with E-state index in [-0.39, 0.29) is 173 Å². The third kappa shape index (κ3) is 27.1. The lowest BCUT2D eigenvalue weighted by Crippen LogP contribution is -2.60. The third-order valence-corrected chi connectivity index (χ3v) is 16.3. The number of guanidine groups is 3. The number of carboxylic acids is 1. The molecule has 37 heteroatoms. The number of fused-ring (bicyclic) bond motifs is 2. The summed E-state index contributed by atoms with van der Waals surface area (Å²) in [5.41, 5.74) is 39.0. The molecule has 562 valence electrons. The molecule has 0 saturated heterocycles. The SMILES string of the molecule is N=C(N)NCCC[C@H](NC(=O)CNC(=O)[C@H](Cc1ccc(O)cc1)NC(=O)c1ccc(C(=O)O)c(-c2c3ccc(=O)cc-3oc3cc(O)ccc23)c1)C(=O)N[C@@H](CCCCN)C(=O)N[C@@H](CCCCN)C(=O)N[C@@H](CCCNC(=N)N)C(=O)N[C@@H](CCCNC(=N)N)C(=O)N[C@@H](CCC(N)=O)C(N)=O. The lowest BCUT2D eigenvalue weighted by Gasteiger charge is -2.28. The minimum Gasteiger partial charge on any atom is -0.508 e. The maximum absolute atomic E-state index is 14.6. The number of primary amides is 2. The van der Waals surface area contributed by atoms with Gasteiger partial charge in [-0.05, 0) is 162 Å². The quantitative estimate of drug-likeness (QED) is 0.00792. The number of benzene rings is 4. The molecule has 3 aromatic rings. The van der Waals surface area contributed by atoms with Gasteiger partial charge < -0.3 is 118 Å². The van der Waals surface area contributed by atoms with Crippen LogP contribution < -0.4 is 104 Å². The second kappa shape index (κ2) is 41.6.